The minimum Gasteiger partial charge on any atom is -0.431 e. The first kappa shape index (κ1) is 27.7. The zero-order valence-electron chi connectivity index (χ0n) is 20.6. The van der Waals surface area contributed by atoms with Crippen molar-refractivity contribution in [2.24, 2.45) is 0 Å². The van der Waals surface area contributed by atoms with E-state index in [9.17, 15) is 20.1 Å². The SMILES string of the molecule is O=C(OCc1ccccc1)OC[C@H]1O[C@@H](c2ccc(Cl)c(Cc3ncc(-c4ccsc4)s3)c2)[C@H](O)[C@@H](O)[C@@H]1O. The van der Waals surface area contributed by atoms with Crippen molar-refractivity contribution in [2.45, 2.75) is 43.5 Å². The Morgan fingerprint density at radius 3 is 2.62 bits per heavy atom. The number of aromatic nitrogens is 1. The Kier molecular flexibility index (Phi) is 8.93. The van der Waals surface area contributed by atoms with Gasteiger partial charge in [-0.25, -0.2) is 9.78 Å². The number of aliphatic hydroxyl groups excluding tert-OH is 3. The summed E-state index contributed by atoms with van der Waals surface area (Å²) < 4.78 is 16.2. The molecule has 2 aromatic heterocycles. The van der Waals surface area contributed by atoms with Crippen LogP contribution in [-0.2, 0) is 27.2 Å². The van der Waals surface area contributed by atoms with Crippen LogP contribution in [0.3, 0.4) is 0 Å². The molecule has 39 heavy (non-hydrogen) atoms. The predicted molar refractivity (Wildman–Crippen MR) is 148 cm³/mol. The molecular weight excluding hydrogens is 562 g/mol. The van der Waals surface area contributed by atoms with Crippen molar-refractivity contribution in [3.05, 3.63) is 98.3 Å². The zero-order valence-corrected chi connectivity index (χ0v) is 22.9. The van der Waals surface area contributed by atoms with Gasteiger partial charge in [0.1, 0.15) is 43.7 Å². The van der Waals surface area contributed by atoms with E-state index in [2.05, 4.69) is 10.4 Å². The molecule has 1 aliphatic heterocycles. The zero-order chi connectivity index (χ0) is 27.4. The van der Waals surface area contributed by atoms with Gasteiger partial charge in [0.05, 0.1) is 9.88 Å². The topological polar surface area (TPSA) is 118 Å². The summed E-state index contributed by atoms with van der Waals surface area (Å²) in [5.41, 5.74) is 3.24. The number of carbonyl (C=O) groups is 1. The van der Waals surface area contributed by atoms with Crippen LogP contribution in [0.4, 0.5) is 4.79 Å². The van der Waals surface area contributed by atoms with Gasteiger partial charge in [0.2, 0.25) is 0 Å². The smallest absolute Gasteiger partial charge is 0.431 e. The van der Waals surface area contributed by atoms with Crippen LogP contribution >= 0.6 is 34.3 Å². The second-order valence-corrected chi connectivity index (χ2v) is 11.4. The van der Waals surface area contributed by atoms with Crippen LogP contribution < -0.4 is 0 Å². The second kappa shape index (κ2) is 12.6. The summed E-state index contributed by atoms with van der Waals surface area (Å²) in [6, 6.07) is 16.3. The quantitative estimate of drug-likeness (QED) is 0.247. The van der Waals surface area contributed by atoms with Crippen molar-refractivity contribution in [3.63, 3.8) is 0 Å². The molecule has 5 atom stereocenters. The summed E-state index contributed by atoms with van der Waals surface area (Å²) in [6.07, 6.45) is -5.14. The fraction of sp³-hybridized carbons (Fsp3) is 0.286. The van der Waals surface area contributed by atoms with Gasteiger partial charge in [0, 0.05) is 23.2 Å². The normalized spacial score (nSPS) is 22.9. The lowest BCUT2D eigenvalue weighted by molar-refractivity contribution is -0.232. The van der Waals surface area contributed by atoms with Crippen LogP contribution in [0.15, 0.2) is 71.6 Å². The van der Waals surface area contributed by atoms with Crippen molar-refractivity contribution in [2.75, 3.05) is 6.61 Å². The van der Waals surface area contributed by atoms with E-state index in [0.717, 1.165) is 26.6 Å². The molecule has 8 nitrogen and oxygen atoms in total. The molecule has 1 saturated heterocycles. The number of carbonyl (C=O) groups excluding carboxylic acids is 1. The lowest BCUT2D eigenvalue weighted by atomic mass is 9.90. The van der Waals surface area contributed by atoms with Gasteiger partial charge in [-0.05, 0) is 39.6 Å². The predicted octanol–water partition coefficient (Wildman–Crippen LogP) is 4.99. The molecule has 1 aliphatic rings. The van der Waals surface area contributed by atoms with Crippen molar-refractivity contribution in [3.8, 4) is 10.4 Å². The summed E-state index contributed by atoms with van der Waals surface area (Å²) >= 11 is 9.68. The molecule has 2 aromatic carbocycles. The summed E-state index contributed by atoms with van der Waals surface area (Å²) in [6.45, 7) is -0.348. The third-order valence-electron chi connectivity index (χ3n) is 6.38. The van der Waals surface area contributed by atoms with Crippen molar-refractivity contribution in [1.29, 1.82) is 0 Å². The molecule has 0 bridgehead atoms. The Labute approximate surface area is 238 Å². The molecule has 0 radical (unpaired) electrons. The number of rotatable bonds is 8. The van der Waals surface area contributed by atoms with E-state index in [1.54, 1.807) is 53.0 Å². The highest BCUT2D eigenvalue weighted by Gasteiger charge is 2.45. The third-order valence-corrected chi connectivity index (χ3v) is 8.47. The molecule has 0 unspecified atom stereocenters. The van der Waals surface area contributed by atoms with Crippen LogP contribution in [0.1, 0.15) is 27.8 Å². The molecule has 0 saturated carbocycles. The number of thiophene rings is 1. The maximum absolute atomic E-state index is 12.1. The molecule has 204 valence electrons. The van der Waals surface area contributed by atoms with Crippen LogP contribution in [0.25, 0.3) is 10.4 Å². The molecule has 0 aliphatic carbocycles. The lowest BCUT2D eigenvalue weighted by Crippen LogP contribution is -2.55. The number of halogens is 1. The maximum atomic E-state index is 12.1. The van der Waals surface area contributed by atoms with E-state index in [4.69, 9.17) is 25.8 Å². The first-order chi connectivity index (χ1) is 18.9. The average molecular weight is 588 g/mol. The average Bonchev–Trinajstić information content (AvgIpc) is 3.65. The highest BCUT2D eigenvalue weighted by Crippen LogP contribution is 2.35. The standard InChI is InChI=1S/C28H26ClNO7S2/c29-20-7-6-17(10-19(20)11-23-30-12-22(39-23)18-8-9-38-15-18)27-26(33)25(32)24(31)21(37-27)14-36-28(34)35-13-16-4-2-1-3-5-16/h1-10,12,15,21,24-27,31-33H,11,13-14H2/t21-,24-,25+,26-,27+/m1/s1. The minimum absolute atomic E-state index is 0.0269. The Morgan fingerprint density at radius 2 is 1.85 bits per heavy atom. The first-order valence-corrected chi connectivity index (χ1v) is 14.3. The van der Waals surface area contributed by atoms with E-state index < -0.39 is 36.7 Å². The number of thiazole rings is 1. The highest BCUT2D eigenvalue weighted by molar-refractivity contribution is 7.15. The van der Waals surface area contributed by atoms with Gasteiger partial charge < -0.3 is 29.5 Å². The van der Waals surface area contributed by atoms with E-state index in [1.165, 1.54) is 0 Å². The van der Waals surface area contributed by atoms with Crippen LogP contribution in [0.5, 0.6) is 0 Å². The Bertz CT molecular complexity index is 1380. The molecule has 1 fully saturated rings. The van der Waals surface area contributed by atoms with Gasteiger partial charge in [-0.15, -0.1) is 11.3 Å². The van der Waals surface area contributed by atoms with Crippen LogP contribution in [-0.4, -0.2) is 57.5 Å². The fourth-order valence-corrected chi connectivity index (χ4v) is 6.12. The molecule has 0 spiro atoms. The van der Waals surface area contributed by atoms with E-state index in [0.29, 0.717) is 17.0 Å². The minimum atomic E-state index is -1.52. The second-order valence-electron chi connectivity index (χ2n) is 9.06. The Hall–Kier alpha value is -2.83. The van der Waals surface area contributed by atoms with Gasteiger partial charge in [-0.3, -0.25) is 0 Å². The monoisotopic (exact) mass is 587 g/mol. The van der Waals surface area contributed by atoms with Gasteiger partial charge in [0.25, 0.3) is 0 Å². The van der Waals surface area contributed by atoms with Crippen LogP contribution in [0, 0.1) is 0 Å². The number of hydrogen-bond acceptors (Lipinski definition) is 10. The molecule has 0 amide bonds. The number of aliphatic hydroxyl groups is 3. The van der Waals surface area contributed by atoms with Crippen molar-refractivity contribution in [1.82, 2.24) is 4.98 Å². The van der Waals surface area contributed by atoms with Crippen LogP contribution in [0.2, 0.25) is 5.02 Å². The molecule has 4 aromatic rings. The van der Waals surface area contributed by atoms with E-state index in [1.807, 2.05) is 35.8 Å². The number of nitrogens with zero attached hydrogens (tertiary/aromatic N) is 1. The van der Waals surface area contributed by atoms with Crippen molar-refractivity contribution < 1.29 is 34.3 Å². The number of ether oxygens (including phenoxy) is 3. The Balaban J connectivity index is 1.25. The van der Waals surface area contributed by atoms with Gasteiger partial charge >= 0.3 is 6.16 Å². The summed E-state index contributed by atoms with van der Waals surface area (Å²) in [4.78, 5) is 17.7. The fourth-order valence-electron chi connectivity index (χ4n) is 4.27. The first-order valence-electron chi connectivity index (χ1n) is 12.2. The molecule has 3 heterocycles. The third kappa shape index (κ3) is 6.67. The number of hydrogen-bond donors (Lipinski definition) is 3. The van der Waals surface area contributed by atoms with Gasteiger partial charge in [-0.1, -0.05) is 54.1 Å². The summed E-state index contributed by atoms with van der Waals surface area (Å²) in [7, 11) is 0. The highest BCUT2D eigenvalue weighted by atomic mass is 35.5. The molecular formula is C28H26ClNO7S2. The van der Waals surface area contributed by atoms with Crippen molar-refractivity contribution >= 4 is 40.4 Å². The molecule has 11 heteroatoms. The largest absolute Gasteiger partial charge is 0.508 e. The van der Waals surface area contributed by atoms with E-state index in [-0.39, 0.29) is 13.2 Å². The maximum Gasteiger partial charge on any atom is 0.508 e. The van der Waals surface area contributed by atoms with Gasteiger partial charge in [0.15, 0.2) is 0 Å². The number of benzene rings is 2. The van der Waals surface area contributed by atoms with E-state index >= 15 is 0 Å². The molecule has 3 N–H and O–H groups in total. The van der Waals surface area contributed by atoms with Gasteiger partial charge in [-0.2, -0.15) is 11.3 Å². The summed E-state index contributed by atoms with van der Waals surface area (Å²) in [5.74, 6) is 0. The summed E-state index contributed by atoms with van der Waals surface area (Å²) in [5, 5.41) is 37.2. The molecule has 5 rings (SSSR count). The Morgan fingerprint density at radius 1 is 1.03 bits per heavy atom. The lowest BCUT2D eigenvalue weighted by Gasteiger charge is -2.40.